The summed E-state index contributed by atoms with van der Waals surface area (Å²) in [4.78, 5) is 20.9. The van der Waals surface area contributed by atoms with Gasteiger partial charge in [0, 0.05) is 12.2 Å². The van der Waals surface area contributed by atoms with Crippen LogP contribution >= 0.6 is 0 Å². The van der Waals surface area contributed by atoms with E-state index in [1.54, 1.807) is 6.92 Å². The molecule has 1 heterocycles. The lowest BCUT2D eigenvalue weighted by molar-refractivity contribution is -0.146. The van der Waals surface area contributed by atoms with E-state index < -0.39 is 12.1 Å². The monoisotopic (exact) mass is 460 g/mol. The highest BCUT2D eigenvalue weighted by atomic mass is 16.6. The number of nitrogens with zero attached hydrogens (tertiary/aromatic N) is 2. The van der Waals surface area contributed by atoms with Crippen molar-refractivity contribution in [1.82, 2.24) is 9.97 Å². The Morgan fingerprint density at radius 2 is 1.38 bits per heavy atom. The zero-order chi connectivity index (χ0) is 24.2. The fourth-order valence-corrected chi connectivity index (χ4v) is 3.62. The molecule has 0 unspecified atom stereocenters. The van der Waals surface area contributed by atoms with Gasteiger partial charge in [-0.25, -0.2) is 14.8 Å². The first-order valence-electron chi connectivity index (χ1n) is 12.5. The van der Waals surface area contributed by atoms with Gasteiger partial charge in [-0.3, -0.25) is 0 Å². The highest BCUT2D eigenvalue weighted by Crippen LogP contribution is 2.24. The number of hydrogen-bond donors (Lipinski definition) is 0. The molecule has 3 aromatic rings. The molecule has 0 bridgehead atoms. The number of unbranched alkanes of at least 4 members (excludes halogenated alkanes) is 4. The van der Waals surface area contributed by atoms with Crippen LogP contribution in [0.3, 0.4) is 0 Å². The fraction of sp³-hybridized carbons (Fsp3) is 0.414. The molecule has 0 spiro atoms. The average Bonchev–Trinajstić information content (AvgIpc) is 2.88. The number of aryl methyl sites for hydroxylation is 1. The molecule has 0 N–H and O–H groups in total. The predicted octanol–water partition coefficient (Wildman–Crippen LogP) is 7.04. The Morgan fingerprint density at radius 3 is 2.00 bits per heavy atom. The van der Waals surface area contributed by atoms with Crippen LogP contribution in [0.4, 0.5) is 0 Å². The lowest BCUT2D eigenvalue weighted by Gasteiger charge is -2.12. The molecular formula is C29H36N2O3. The van der Waals surface area contributed by atoms with Crippen LogP contribution in [0.2, 0.25) is 0 Å². The number of aromatic nitrogens is 2. The molecule has 5 heteroatoms. The molecular weight excluding hydrogens is 424 g/mol. The van der Waals surface area contributed by atoms with Gasteiger partial charge in [0.15, 0.2) is 17.7 Å². The number of ether oxygens (including phenoxy) is 2. The maximum atomic E-state index is 12.1. The highest BCUT2D eigenvalue weighted by molar-refractivity contribution is 5.76. The highest BCUT2D eigenvalue weighted by Gasteiger charge is 2.16. The van der Waals surface area contributed by atoms with E-state index in [1.807, 2.05) is 12.1 Å². The Balaban J connectivity index is 1.55. The number of esters is 1. The van der Waals surface area contributed by atoms with Crippen molar-refractivity contribution < 1.29 is 14.3 Å². The minimum Gasteiger partial charge on any atom is -0.421 e. The zero-order valence-electron chi connectivity index (χ0n) is 20.6. The molecule has 0 saturated heterocycles. The first-order valence-corrected chi connectivity index (χ1v) is 12.5. The molecule has 180 valence electrons. The predicted molar refractivity (Wildman–Crippen MR) is 137 cm³/mol. The van der Waals surface area contributed by atoms with E-state index in [9.17, 15) is 4.79 Å². The van der Waals surface area contributed by atoms with Gasteiger partial charge in [0.25, 0.3) is 0 Å². The molecule has 5 nitrogen and oxygen atoms in total. The normalized spacial score (nSPS) is 11.9. The summed E-state index contributed by atoms with van der Waals surface area (Å²) in [5, 5.41) is 0. The number of rotatable bonds is 13. The maximum absolute atomic E-state index is 12.1. The smallest absolute Gasteiger partial charge is 0.340 e. The van der Waals surface area contributed by atoms with Gasteiger partial charge in [0.05, 0.1) is 12.4 Å². The van der Waals surface area contributed by atoms with Crippen LogP contribution in [0.1, 0.15) is 64.9 Å². The zero-order valence-corrected chi connectivity index (χ0v) is 20.6. The Hall–Kier alpha value is -3.05. The van der Waals surface area contributed by atoms with E-state index in [1.165, 1.54) is 49.2 Å². The molecule has 0 aliphatic rings. The second-order valence-electron chi connectivity index (χ2n) is 8.61. The first kappa shape index (κ1) is 25.6. The molecule has 0 fully saturated rings. The first-order chi connectivity index (χ1) is 16.6. The van der Waals surface area contributed by atoms with Crippen LogP contribution in [-0.2, 0) is 16.0 Å². The molecule has 34 heavy (non-hydrogen) atoms. The van der Waals surface area contributed by atoms with Crippen molar-refractivity contribution in [3.63, 3.8) is 0 Å². The molecule has 2 aromatic carbocycles. The molecule has 0 aliphatic heterocycles. The van der Waals surface area contributed by atoms with E-state index in [0.717, 1.165) is 30.4 Å². The topological polar surface area (TPSA) is 61.3 Å². The summed E-state index contributed by atoms with van der Waals surface area (Å²) in [5.41, 5.74) is 4.66. The van der Waals surface area contributed by atoms with Gasteiger partial charge in [-0.05, 0) is 42.9 Å². The van der Waals surface area contributed by atoms with Crippen LogP contribution in [0.15, 0.2) is 60.9 Å². The van der Waals surface area contributed by atoms with Gasteiger partial charge in [0.1, 0.15) is 0 Å². The van der Waals surface area contributed by atoms with Crippen LogP contribution in [0, 0.1) is 0 Å². The van der Waals surface area contributed by atoms with Crippen molar-refractivity contribution in [1.29, 1.82) is 0 Å². The van der Waals surface area contributed by atoms with Crippen molar-refractivity contribution >= 4 is 5.97 Å². The van der Waals surface area contributed by atoms with Crippen molar-refractivity contribution in [3.8, 4) is 28.3 Å². The second-order valence-corrected chi connectivity index (χ2v) is 8.61. The summed E-state index contributed by atoms with van der Waals surface area (Å²) in [6.07, 6.45) is 10.6. The summed E-state index contributed by atoms with van der Waals surface area (Å²) in [5.74, 6) is 0.455. The quantitative estimate of drug-likeness (QED) is 0.202. The fourth-order valence-electron chi connectivity index (χ4n) is 3.62. The third-order valence-electron chi connectivity index (χ3n) is 5.79. The molecule has 1 aromatic heterocycles. The molecule has 0 radical (unpaired) electrons. The van der Waals surface area contributed by atoms with Crippen LogP contribution in [0.5, 0.6) is 5.75 Å². The summed E-state index contributed by atoms with van der Waals surface area (Å²) in [7, 11) is 0. The van der Waals surface area contributed by atoms with E-state index in [-0.39, 0.29) is 0 Å². The summed E-state index contributed by atoms with van der Waals surface area (Å²) in [6.45, 7) is 6.55. The lowest BCUT2D eigenvalue weighted by Crippen LogP contribution is -2.26. The standard InChI is InChI=1S/C29H36N2O3/c1-4-6-8-9-10-23-11-13-24(14-12-23)25-15-17-26(18-16-25)28-30-20-27(21-31-28)34-29(32)22(3)33-19-7-5-2/h11-18,20-22H,4-10,19H2,1-3H3/t22-/m0/s1. The number of carbonyl (C=O) groups excluding carboxylic acids is 1. The summed E-state index contributed by atoms with van der Waals surface area (Å²) in [6, 6.07) is 17.0. The molecule has 0 amide bonds. The van der Waals surface area contributed by atoms with Crippen LogP contribution < -0.4 is 4.74 Å². The Morgan fingerprint density at radius 1 is 0.794 bits per heavy atom. The van der Waals surface area contributed by atoms with E-state index in [0.29, 0.717) is 18.2 Å². The SMILES string of the molecule is CCCCCCc1ccc(-c2ccc(-c3ncc(OC(=O)[C@H](C)OCCCC)cn3)cc2)cc1. The lowest BCUT2D eigenvalue weighted by atomic mass is 10.00. The van der Waals surface area contributed by atoms with Crippen LogP contribution in [0.25, 0.3) is 22.5 Å². The van der Waals surface area contributed by atoms with Gasteiger partial charge in [-0.15, -0.1) is 0 Å². The molecule has 3 rings (SSSR count). The van der Waals surface area contributed by atoms with Gasteiger partial charge in [-0.2, -0.15) is 0 Å². The van der Waals surface area contributed by atoms with Crippen molar-refractivity contribution in [3.05, 3.63) is 66.5 Å². The Bertz CT molecular complexity index is 999. The summed E-state index contributed by atoms with van der Waals surface area (Å²) >= 11 is 0. The van der Waals surface area contributed by atoms with Gasteiger partial charge < -0.3 is 9.47 Å². The van der Waals surface area contributed by atoms with Crippen molar-refractivity contribution in [2.24, 2.45) is 0 Å². The van der Waals surface area contributed by atoms with E-state index in [2.05, 4.69) is 60.2 Å². The molecule has 0 saturated carbocycles. The largest absolute Gasteiger partial charge is 0.421 e. The molecule has 1 atom stereocenters. The number of carbonyl (C=O) groups is 1. The van der Waals surface area contributed by atoms with Crippen LogP contribution in [-0.4, -0.2) is 28.6 Å². The van der Waals surface area contributed by atoms with Crippen molar-refractivity contribution in [2.45, 2.75) is 71.8 Å². The maximum Gasteiger partial charge on any atom is 0.340 e. The summed E-state index contributed by atoms with van der Waals surface area (Å²) < 4.78 is 10.8. The van der Waals surface area contributed by atoms with Gasteiger partial charge >= 0.3 is 5.97 Å². The van der Waals surface area contributed by atoms with Gasteiger partial charge in [-0.1, -0.05) is 88.1 Å². The van der Waals surface area contributed by atoms with E-state index >= 15 is 0 Å². The minimum absolute atomic E-state index is 0.311. The van der Waals surface area contributed by atoms with Gasteiger partial charge in [0.2, 0.25) is 0 Å². The number of hydrogen-bond acceptors (Lipinski definition) is 5. The number of benzene rings is 2. The average molecular weight is 461 g/mol. The van der Waals surface area contributed by atoms with E-state index in [4.69, 9.17) is 9.47 Å². The van der Waals surface area contributed by atoms with Crippen molar-refractivity contribution in [2.75, 3.05) is 6.61 Å². The third kappa shape index (κ3) is 7.77. The Labute approximate surface area is 203 Å². The Kier molecular flexibility index (Phi) is 10.2. The third-order valence-corrected chi connectivity index (χ3v) is 5.79. The second kappa shape index (κ2) is 13.6. The molecule has 0 aliphatic carbocycles. The minimum atomic E-state index is -0.617.